The summed E-state index contributed by atoms with van der Waals surface area (Å²) in [6.45, 7) is 2.15. The van der Waals surface area contributed by atoms with E-state index in [9.17, 15) is 0 Å². The van der Waals surface area contributed by atoms with E-state index in [0.29, 0.717) is 6.10 Å². The molecule has 0 saturated carbocycles. The number of hydrogen-bond acceptors (Lipinski definition) is 3. The smallest absolute Gasteiger partial charge is 0.145 e. The molecule has 1 saturated heterocycles. The van der Waals surface area contributed by atoms with E-state index in [1.54, 1.807) is 0 Å². The summed E-state index contributed by atoms with van der Waals surface area (Å²) in [4.78, 5) is 4.43. The monoisotopic (exact) mass is 242 g/mol. The van der Waals surface area contributed by atoms with Gasteiger partial charge in [-0.25, -0.2) is 0 Å². The van der Waals surface area contributed by atoms with Crippen LogP contribution in [0.1, 0.15) is 19.3 Å². The Morgan fingerprint density at radius 2 is 2.06 bits per heavy atom. The third-order valence-corrected chi connectivity index (χ3v) is 3.41. The lowest BCUT2D eigenvalue weighted by Crippen LogP contribution is -2.19. The largest absolute Gasteiger partial charge is 0.488 e. The molecule has 3 rings (SSSR count). The first-order chi connectivity index (χ1) is 8.93. The number of nitrogens with one attached hydrogen (secondary N) is 1. The molecule has 0 spiro atoms. The molecule has 94 valence electrons. The average molecular weight is 242 g/mol. The molecule has 1 aromatic carbocycles. The normalized spacial score (nSPS) is 20.6. The molecular weight excluding hydrogens is 224 g/mol. The zero-order valence-electron chi connectivity index (χ0n) is 10.4. The van der Waals surface area contributed by atoms with Crippen LogP contribution < -0.4 is 10.1 Å². The number of benzene rings is 1. The van der Waals surface area contributed by atoms with Gasteiger partial charge >= 0.3 is 0 Å². The summed E-state index contributed by atoms with van der Waals surface area (Å²) >= 11 is 0. The van der Waals surface area contributed by atoms with Crippen molar-refractivity contribution in [2.45, 2.75) is 25.4 Å². The molecule has 1 fully saturated rings. The first-order valence-corrected chi connectivity index (χ1v) is 6.64. The molecule has 18 heavy (non-hydrogen) atoms. The lowest BCUT2D eigenvalue weighted by molar-refractivity contribution is 0.189. The van der Waals surface area contributed by atoms with Crippen LogP contribution in [0.25, 0.3) is 10.9 Å². The topological polar surface area (TPSA) is 34.1 Å². The fourth-order valence-corrected chi connectivity index (χ4v) is 2.46. The van der Waals surface area contributed by atoms with Gasteiger partial charge in [0.1, 0.15) is 17.4 Å². The van der Waals surface area contributed by atoms with E-state index < -0.39 is 0 Å². The fraction of sp³-hybridized carbons (Fsp3) is 0.400. The number of pyridine rings is 1. The first-order valence-electron chi connectivity index (χ1n) is 6.64. The van der Waals surface area contributed by atoms with Crippen LogP contribution in [-0.4, -0.2) is 24.2 Å². The van der Waals surface area contributed by atoms with Crippen LogP contribution in [0.3, 0.4) is 0 Å². The minimum Gasteiger partial charge on any atom is -0.488 e. The quantitative estimate of drug-likeness (QED) is 0.879. The van der Waals surface area contributed by atoms with E-state index in [2.05, 4.69) is 22.4 Å². The van der Waals surface area contributed by atoms with Gasteiger partial charge in [0, 0.05) is 11.6 Å². The Labute approximate surface area is 107 Å². The third-order valence-electron chi connectivity index (χ3n) is 3.41. The number of rotatable bonds is 2. The van der Waals surface area contributed by atoms with Gasteiger partial charge in [-0.05, 0) is 44.5 Å². The van der Waals surface area contributed by atoms with Crippen LogP contribution in [0.5, 0.6) is 5.75 Å². The van der Waals surface area contributed by atoms with Crippen LogP contribution in [-0.2, 0) is 0 Å². The zero-order chi connectivity index (χ0) is 12.2. The second-order valence-electron chi connectivity index (χ2n) is 4.75. The van der Waals surface area contributed by atoms with E-state index in [-0.39, 0.29) is 0 Å². The van der Waals surface area contributed by atoms with Crippen LogP contribution in [0.15, 0.2) is 36.5 Å². The Bertz CT molecular complexity index is 513. The van der Waals surface area contributed by atoms with Crippen molar-refractivity contribution in [2.24, 2.45) is 0 Å². The van der Waals surface area contributed by atoms with E-state index in [4.69, 9.17) is 4.74 Å². The van der Waals surface area contributed by atoms with Gasteiger partial charge in [0.25, 0.3) is 0 Å². The van der Waals surface area contributed by atoms with Gasteiger partial charge in [-0.15, -0.1) is 0 Å². The van der Waals surface area contributed by atoms with Gasteiger partial charge in [-0.3, -0.25) is 4.98 Å². The van der Waals surface area contributed by atoms with E-state index in [1.165, 1.54) is 6.42 Å². The number of aromatic nitrogens is 1. The number of ether oxygens (including phenoxy) is 1. The highest BCUT2D eigenvalue weighted by Gasteiger charge is 2.14. The summed E-state index contributed by atoms with van der Waals surface area (Å²) in [6.07, 6.45) is 5.51. The van der Waals surface area contributed by atoms with Gasteiger partial charge in [-0.1, -0.05) is 18.2 Å². The fourth-order valence-electron chi connectivity index (χ4n) is 2.46. The van der Waals surface area contributed by atoms with Crippen molar-refractivity contribution in [3.8, 4) is 5.75 Å². The maximum atomic E-state index is 6.15. The molecule has 1 aliphatic heterocycles. The van der Waals surface area contributed by atoms with Crippen molar-refractivity contribution in [3.63, 3.8) is 0 Å². The summed E-state index contributed by atoms with van der Waals surface area (Å²) in [5.41, 5.74) is 0.970. The number of hydrogen-bond donors (Lipinski definition) is 1. The Morgan fingerprint density at radius 1 is 1.11 bits per heavy atom. The standard InChI is InChI=1S/C15H18N2O/c1-4-12-5-2-10-17-15(12)14(7-1)18-13-6-3-9-16-11-8-13/h1-2,4-5,7,10,13,16H,3,6,8-9,11H2. The van der Waals surface area contributed by atoms with Crippen LogP contribution in [0.4, 0.5) is 0 Å². The molecule has 0 amide bonds. The van der Waals surface area contributed by atoms with Gasteiger partial charge in [0.2, 0.25) is 0 Å². The lowest BCUT2D eigenvalue weighted by atomic mass is 10.1. The molecule has 2 heterocycles. The number of nitrogens with zero attached hydrogens (tertiary/aromatic N) is 1. The predicted molar refractivity (Wildman–Crippen MR) is 72.9 cm³/mol. The Morgan fingerprint density at radius 3 is 3.06 bits per heavy atom. The van der Waals surface area contributed by atoms with Crippen LogP contribution >= 0.6 is 0 Å². The van der Waals surface area contributed by atoms with E-state index >= 15 is 0 Å². The summed E-state index contributed by atoms with van der Waals surface area (Å²) in [5, 5.41) is 4.55. The molecule has 1 unspecified atom stereocenters. The van der Waals surface area contributed by atoms with Crippen molar-refractivity contribution >= 4 is 10.9 Å². The number of para-hydroxylation sites is 1. The first kappa shape index (κ1) is 11.5. The Kier molecular flexibility index (Phi) is 3.42. The molecule has 2 aromatic rings. The molecule has 1 N–H and O–H groups in total. The van der Waals surface area contributed by atoms with Crippen molar-refractivity contribution in [1.29, 1.82) is 0 Å². The predicted octanol–water partition coefficient (Wildman–Crippen LogP) is 2.76. The summed E-state index contributed by atoms with van der Waals surface area (Å²) in [5.74, 6) is 0.917. The highest BCUT2D eigenvalue weighted by molar-refractivity contribution is 5.84. The highest BCUT2D eigenvalue weighted by atomic mass is 16.5. The maximum absolute atomic E-state index is 6.15. The average Bonchev–Trinajstić information content (AvgIpc) is 2.68. The molecule has 0 radical (unpaired) electrons. The SMILES string of the molecule is c1cnc2c(OC3CCCNCC3)cccc2c1. The summed E-state index contributed by atoms with van der Waals surface area (Å²) in [7, 11) is 0. The Hall–Kier alpha value is -1.61. The van der Waals surface area contributed by atoms with Crippen molar-refractivity contribution in [2.75, 3.05) is 13.1 Å². The molecule has 3 nitrogen and oxygen atoms in total. The second-order valence-corrected chi connectivity index (χ2v) is 4.75. The zero-order valence-corrected chi connectivity index (χ0v) is 10.4. The molecule has 1 aliphatic rings. The molecule has 3 heteroatoms. The molecule has 0 bridgehead atoms. The van der Waals surface area contributed by atoms with Crippen molar-refractivity contribution < 1.29 is 4.74 Å². The molecule has 1 atom stereocenters. The highest BCUT2D eigenvalue weighted by Crippen LogP contribution is 2.25. The molecule has 0 aliphatic carbocycles. The maximum Gasteiger partial charge on any atom is 0.145 e. The van der Waals surface area contributed by atoms with Crippen molar-refractivity contribution in [3.05, 3.63) is 36.5 Å². The number of fused-ring (bicyclic) bond motifs is 1. The Balaban J connectivity index is 1.85. The van der Waals surface area contributed by atoms with Crippen LogP contribution in [0, 0.1) is 0 Å². The van der Waals surface area contributed by atoms with E-state index in [1.807, 2.05) is 24.4 Å². The van der Waals surface area contributed by atoms with Gasteiger partial charge in [-0.2, -0.15) is 0 Å². The lowest BCUT2D eigenvalue weighted by Gasteiger charge is -2.17. The van der Waals surface area contributed by atoms with Gasteiger partial charge < -0.3 is 10.1 Å². The minimum absolute atomic E-state index is 0.313. The summed E-state index contributed by atoms with van der Waals surface area (Å²) in [6, 6.07) is 10.2. The molecule has 1 aromatic heterocycles. The van der Waals surface area contributed by atoms with Gasteiger partial charge in [0.15, 0.2) is 0 Å². The second kappa shape index (κ2) is 5.36. The van der Waals surface area contributed by atoms with Crippen molar-refractivity contribution in [1.82, 2.24) is 10.3 Å². The van der Waals surface area contributed by atoms with Gasteiger partial charge in [0.05, 0.1) is 0 Å². The van der Waals surface area contributed by atoms with Crippen LogP contribution in [0.2, 0.25) is 0 Å². The molecular formula is C15H18N2O. The third kappa shape index (κ3) is 2.46. The van der Waals surface area contributed by atoms with E-state index in [0.717, 1.165) is 42.6 Å². The minimum atomic E-state index is 0.313. The summed E-state index contributed by atoms with van der Waals surface area (Å²) < 4.78 is 6.15.